The van der Waals surface area contributed by atoms with Crippen molar-refractivity contribution in [2.45, 2.75) is 0 Å². The lowest BCUT2D eigenvalue weighted by Crippen LogP contribution is -2.11. The number of imidazole rings is 1. The van der Waals surface area contributed by atoms with Crippen LogP contribution in [0, 0.1) is 0 Å². The summed E-state index contributed by atoms with van der Waals surface area (Å²) in [7, 11) is 0. The predicted molar refractivity (Wildman–Crippen MR) is 85.4 cm³/mol. The topological polar surface area (TPSA) is 110 Å². The highest BCUT2D eigenvalue weighted by Crippen LogP contribution is 2.24. The third-order valence-electron chi connectivity index (χ3n) is 3.03. The summed E-state index contributed by atoms with van der Waals surface area (Å²) < 4.78 is 1.60. The van der Waals surface area contributed by atoms with Gasteiger partial charge in [-0.15, -0.1) is 0 Å². The number of aliphatic hydroxyl groups excluding tert-OH is 1. The van der Waals surface area contributed by atoms with Crippen molar-refractivity contribution in [3.8, 4) is 11.4 Å². The molecule has 0 spiro atoms. The fraction of sp³-hybridized carbons (Fsp3) is 0.0714. The van der Waals surface area contributed by atoms with Crippen LogP contribution in [0.1, 0.15) is 0 Å². The number of anilines is 1. The van der Waals surface area contributed by atoms with Crippen LogP contribution in [-0.2, 0) is 0 Å². The Morgan fingerprint density at radius 3 is 2.73 bits per heavy atom. The van der Waals surface area contributed by atoms with Crippen LogP contribution >= 0.6 is 11.6 Å². The molecule has 2 heterocycles. The maximum atomic E-state index is 12.0. The van der Waals surface area contributed by atoms with Crippen molar-refractivity contribution in [2.75, 3.05) is 12.3 Å². The second kappa shape index (κ2) is 5.63. The van der Waals surface area contributed by atoms with Gasteiger partial charge in [0.05, 0.1) is 6.61 Å². The maximum Gasteiger partial charge on any atom is 0.280 e. The molecule has 2 aromatic heterocycles. The van der Waals surface area contributed by atoms with E-state index in [9.17, 15) is 4.79 Å². The Morgan fingerprint density at radius 1 is 1.32 bits per heavy atom. The zero-order valence-electron chi connectivity index (χ0n) is 11.3. The normalized spacial score (nSPS) is 11.5. The summed E-state index contributed by atoms with van der Waals surface area (Å²) in [5.41, 5.74) is 6.41. The highest BCUT2D eigenvalue weighted by molar-refractivity contribution is 6.30. The molecular formula is C14H12ClN5O2. The number of aliphatic hydroxyl groups is 1. The minimum absolute atomic E-state index is 0.00120. The molecule has 0 saturated carbocycles. The first-order valence-corrected chi connectivity index (χ1v) is 6.79. The van der Waals surface area contributed by atoms with E-state index in [-0.39, 0.29) is 18.1 Å². The lowest BCUT2D eigenvalue weighted by atomic mass is 10.2. The molecule has 112 valence electrons. The van der Waals surface area contributed by atoms with Crippen LogP contribution in [0.15, 0.2) is 35.1 Å². The minimum Gasteiger partial charge on any atom is -0.392 e. The summed E-state index contributed by atoms with van der Waals surface area (Å²) in [5, 5.41) is 9.59. The van der Waals surface area contributed by atoms with E-state index < -0.39 is 5.56 Å². The van der Waals surface area contributed by atoms with Crippen LogP contribution < -0.4 is 11.3 Å². The van der Waals surface area contributed by atoms with Crippen LogP contribution in [-0.4, -0.2) is 31.2 Å². The molecule has 7 nitrogen and oxygen atoms in total. The number of fused-ring (bicyclic) bond motifs is 1. The van der Waals surface area contributed by atoms with E-state index in [0.29, 0.717) is 16.5 Å². The zero-order valence-corrected chi connectivity index (χ0v) is 12.1. The second-order valence-electron chi connectivity index (χ2n) is 4.50. The Balaban J connectivity index is 2.33. The van der Waals surface area contributed by atoms with Gasteiger partial charge < -0.3 is 10.8 Å². The summed E-state index contributed by atoms with van der Waals surface area (Å²) in [6.45, 7) is -0.154. The van der Waals surface area contributed by atoms with Crippen molar-refractivity contribution < 1.29 is 5.11 Å². The van der Waals surface area contributed by atoms with Crippen molar-refractivity contribution in [3.05, 3.63) is 45.7 Å². The molecule has 0 saturated heterocycles. The average Bonchev–Trinajstić information content (AvgIpc) is 2.85. The molecule has 3 aromatic rings. The number of aromatic nitrogens is 4. The van der Waals surface area contributed by atoms with Gasteiger partial charge in [0.1, 0.15) is 5.82 Å². The monoisotopic (exact) mass is 317 g/mol. The van der Waals surface area contributed by atoms with E-state index in [0.717, 1.165) is 5.56 Å². The number of nitrogen functional groups attached to an aromatic ring is 1. The van der Waals surface area contributed by atoms with Gasteiger partial charge in [0.2, 0.25) is 5.95 Å². The number of hydrogen-bond acceptors (Lipinski definition) is 5. The molecule has 1 aromatic carbocycles. The number of aromatic amines is 1. The predicted octanol–water partition coefficient (Wildman–Crippen LogP) is 1.49. The van der Waals surface area contributed by atoms with Crippen LogP contribution in [0.3, 0.4) is 0 Å². The molecular weight excluding hydrogens is 306 g/mol. The first kappa shape index (κ1) is 14.3. The number of hydrogen-bond donors (Lipinski definition) is 3. The molecule has 0 aliphatic carbocycles. The van der Waals surface area contributed by atoms with Gasteiger partial charge in [-0.1, -0.05) is 11.6 Å². The Morgan fingerprint density at radius 2 is 2.05 bits per heavy atom. The first-order valence-electron chi connectivity index (χ1n) is 6.41. The third-order valence-corrected chi connectivity index (χ3v) is 3.28. The molecule has 0 unspecified atom stereocenters. The highest BCUT2D eigenvalue weighted by atomic mass is 35.5. The number of rotatable bonds is 3. The highest BCUT2D eigenvalue weighted by Gasteiger charge is 2.15. The summed E-state index contributed by atoms with van der Waals surface area (Å²) >= 11 is 5.89. The molecule has 3 rings (SSSR count). The molecule has 0 amide bonds. The molecule has 8 heteroatoms. The second-order valence-corrected chi connectivity index (χ2v) is 4.94. The van der Waals surface area contributed by atoms with Crippen molar-refractivity contribution >= 4 is 34.9 Å². The van der Waals surface area contributed by atoms with Crippen molar-refractivity contribution in [1.29, 1.82) is 0 Å². The van der Waals surface area contributed by atoms with E-state index in [1.807, 2.05) is 0 Å². The Bertz CT molecular complexity index is 911. The SMILES string of the molecule is Nc1nc2c(nc(-c3ccc(Cl)cc3)n2C=CCO)c(=O)[nH]1. The number of halogens is 1. The van der Waals surface area contributed by atoms with Gasteiger partial charge in [0.25, 0.3) is 5.56 Å². The Labute approximate surface area is 129 Å². The number of H-pyrrole nitrogens is 1. The number of nitrogens with one attached hydrogen (secondary N) is 1. The molecule has 0 bridgehead atoms. The van der Waals surface area contributed by atoms with Crippen LogP contribution in [0.5, 0.6) is 0 Å². The van der Waals surface area contributed by atoms with Gasteiger partial charge in [-0.05, 0) is 30.3 Å². The van der Waals surface area contributed by atoms with Crippen molar-refractivity contribution in [1.82, 2.24) is 19.5 Å². The lowest BCUT2D eigenvalue weighted by Gasteiger charge is -2.03. The maximum absolute atomic E-state index is 12.0. The van der Waals surface area contributed by atoms with Crippen molar-refractivity contribution in [2.24, 2.45) is 0 Å². The van der Waals surface area contributed by atoms with Gasteiger partial charge in [-0.2, -0.15) is 4.98 Å². The van der Waals surface area contributed by atoms with Crippen LogP contribution in [0.4, 0.5) is 5.95 Å². The lowest BCUT2D eigenvalue weighted by molar-refractivity contribution is 0.343. The van der Waals surface area contributed by atoms with E-state index in [1.165, 1.54) is 6.08 Å². The standard InChI is InChI=1S/C14H12ClN5O2/c15-9-4-2-8(3-5-9)11-17-10-12(20(11)6-1-7-21)18-14(16)19-13(10)22/h1-6,21H,7H2,(H3,16,18,19,22). The van der Waals surface area contributed by atoms with Crippen molar-refractivity contribution in [3.63, 3.8) is 0 Å². The molecule has 0 aliphatic rings. The fourth-order valence-corrected chi connectivity index (χ4v) is 2.22. The van der Waals surface area contributed by atoms with Gasteiger partial charge >= 0.3 is 0 Å². The number of benzene rings is 1. The smallest absolute Gasteiger partial charge is 0.280 e. The van der Waals surface area contributed by atoms with Gasteiger partial charge in [0, 0.05) is 16.8 Å². The quantitative estimate of drug-likeness (QED) is 0.678. The molecule has 0 atom stereocenters. The summed E-state index contributed by atoms with van der Waals surface area (Å²) in [6, 6.07) is 7.01. The summed E-state index contributed by atoms with van der Waals surface area (Å²) in [5.74, 6) is 0.499. The third kappa shape index (κ3) is 2.47. The van der Waals surface area contributed by atoms with Gasteiger partial charge in [-0.3, -0.25) is 14.3 Å². The van der Waals surface area contributed by atoms with E-state index >= 15 is 0 Å². The van der Waals surface area contributed by atoms with Crippen LogP contribution in [0.25, 0.3) is 28.8 Å². The molecule has 22 heavy (non-hydrogen) atoms. The summed E-state index contributed by atoms with van der Waals surface area (Å²) in [4.78, 5) is 22.8. The largest absolute Gasteiger partial charge is 0.392 e. The minimum atomic E-state index is -0.422. The number of nitrogens with two attached hydrogens (primary N) is 1. The number of nitrogens with zero attached hydrogens (tertiary/aromatic N) is 3. The first-order chi connectivity index (χ1) is 10.6. The zero-order chi connectivity index (χ0) is 15.7. The molecule has 0 radical (unpaired) electrons. The fourth-order valence-electron chi connectivity index (χ4n) is 2.10. The Hall–Kier alpha value is -2.64. The Kier molecular flexibility index (Phi) is 3.66. The van der Waals surface area contributed by atoms with E-state index in [4.69, 9.17) is 22.4 Å². The summed E-state index contributed by atoms with van der Waals surface area (Å²) in [6.07, 6.45) is 3.10. The van der Waals surface area contributed by atoms with E-state index in [2.05, 4.69) is 15.0 Å². The van der Waals surface area contributed by atoms with Crippen LogP contribution in [0.2, 0.25) is 5.02 Å². The van der Waals surface area contributed by atoms with Gasteiger partial charge in [-0.25, -0.2) is 4.98 Å². The molecule has 4 N–H and O–H groups in total. The molecule has 0 aliphatic heterocycles. The molecule has 0 fully saturated rings. The van der Waals surface area contributed by atoms with E-state index in [1.54, 1.807) is 35.0 Å². The average molecular weight is 318 g/mol. The van der Waals surface area contributed by atoms with Gasteiger partial charge in [0.15, 0.2) is 11.2 Å².